The molecule has 3 aromatic rings. The molecule has 0 aliphatic heterocycles. The van der Waals surface area contributed by atoms with Gasteiger partial charge in [0.15, 0.2) is 0 Å². The second-order valence-electron chi connectivity index (χ2n) is 6.14. The van der Waals surface area contributed by atoms with Crippen LogP contribution in [0.25, 0.3) is 10.1 Å². The van der Waals surface area contributed by atoms with E-state index in [9.17, 15) is 9.59 Å². The van der Waals surface area contributed by atoms with Crippen LogP contribution in [-0.2, 0) is 4.79 Å². The van der Waals surface area contributed by atoms with Crippen molar-refractivity contribution in [3.05, 3.63) is 63.0 Å². The van der Waals surface area contributed by atoms with E-state index < -0.39 is 0 Å². The summed E-state index contributed by atoms with van der Waals surface area (Å²) in [7, 11) is 0. The van der Waals surface area contributed by atoms with Crippen LogP contribution >= 0.6 is 34.7 Å². The molecule has 6 heteroatoms. The second-order valence-corrected chi connectivity index (χ2v) is 8.52. The van der Waals surface area contributed by atoms with Gasteiger partial charge in [-0.25, -0.2) is 0 Å². The zero-order valence-corrected chi connectivity index (χ0v) is 17.1. The Hall–Kier alpha value is -1.82. The van der Waals surface area contributed by atoms with Gasteiger partial charge < -0.3 is 5.32 Å². The summed E-state index contributed by atoms with van der Waals surface area (Å²) in [6.45, 7) is 5.95. The van der Waals surface area contributed by atoms with Gasteiger partial charge in [0, 0.05) is 15.8 Å². The highest BCUT2D eigenvalue weighted by Crippen LogP contribution is 2.37. The highest BCUT2D eigenvalue weighted by Gasteiger charge is 2.19. The fourth-order valence-electron chi connectivity index (χ4n) is 2.89. The summed E-state index contributed by atoms with van der Waals surface area (Å²) in [5.74, 6) is -0.147. The average molecular weight is 404 g/mol. The monoisotopic (exact) mass is 403 g/mol. The van der Waals surface area contributed by atoms with Crippen LogP contribution in [0.15, 0.2) is 36.4 Å². The number of hydrogen-bond acceptors (Lipinski definition) is 4. The highest BCUT2D eigenvalue weighted by atomic mass is 35.5. The summed E-state index contributed by atoms with van der Waals surface area (Å²) < 4.78 is 0.969. The third kappa shape index (κ3) is 3.95. The Kier molecular flexibility index (Phi) is 5.70. The van der Waals surface area contributed by atoms with E-state index in [1.807, 2.05) is 57.2 Å². The van der Waals surface area contributed by atoms with Crippen molar-refractivity contribution in [2.24, 2.45) is 0 Å². The molecule has 0 aliphatic carbocycles. The van der Waals surface area contributed by atoms with E-state index in [-0.39, 0.29) is 16.8 Å². The van der Waals surface area contributed by atoms with Crippen molar-refractivity contribution in [1.29, 1.82) is 0 Å². The minimum atomic E-state index is -0.198. The van der Waals surface area contributed by atoms with E-state index >= 15 is 0 Å². The van der Waals surface area contributed by atoms with Gasteiger partial charge in [0.2, 0.25) is 11.0 Å². The standard InChI is InChI=1S/C20H18ClNO2S2/c1-11-8-12(2)18(13(3)9-11)22-16(23)10-25-20(24)19-17(21)14-6-4-5-7-15(14)26-19/h4-9H,10H2,1-3H3,(H,22,23). The number of thiophene rings is 1. The van der Waals surface area contributed by atoms with Crippen molar-refractivity contribution in [1.82, 2.24) is 0 Å². The van der Waals surface area contributed by atoms with Crippen molar-refractivity contribution in [3.8, 4) is 0 Å². The maximum atomic E-state index is 12.5. The second kappa shape index (κ2) is 7.82. The molecule has 0 radical (unpaired) electrons. The lowest BCUT2D eigenvalue weighted by Gasteiger charge is -2.12. The van der Waals surface area contributed by atoms with Crippen molar-refractivity contribution >= 4 is 61.5 Å². The van der Waals surface area contributed by atoms with Gasteiger partial charge >= 0.3 is 0 Å². The number of benzene rings is 2. The van der Waals surface area contributed by atoms with Gasteiger partial charge in [-0.15, -0.1) is 11.3 Å². The molecule has 0 aliphatic rings. The first-order valence-corrected chi connectivity index (χ1v) is 10.3. The molecule has 1 N–H and O–H groups in total. The number of aryl methyl sites for hydroxylation is 3. The van der Waals surface area contributed by atoms with Crippen molar-refractivity contribution in [3.63, 3.8) is 0 Å². The molecule has 2 aromatic carbocycles. The molecule has 0 bridgehead atoms. The molecule has 0 spiro atoms. The number of carbonyl (C=O) groups excluding carboxylic acids is 2. The van der Waals surface area contributed by atoms with Crippen molar-refractivity contribution in [2.45, 2.75) is 20.8 Å². The molecule has 134 valence electrons. The molecule has 0 unspecified atom stereocenters. The number of rotatable bonds is 4. The minimum Gasteiger partial charge on any atom is -0.325 e. The first kappa shape index (κ1) is 19.0. The molecule has 3 nitrogen and oxygen atoms in total. The molecule has 1 aromatic heterocycles. The highest BCUT2D eigenvalue weighted by molar-refractivity contribution is 8.15. The molecule has 1 amide bonds. The van der Waals surface area contributed by atoms with Crippen LogP contribution in [0.5, 0.6) is 0 Å². The summed E-state index contributed by atoms with van der Waals surface area (Å²) in [6.07, 6.45) is 0. The number of hydrogen-bond donors (Lipinski definition) is 1. The summed E-state index contributed by atoms with van der Waals surface area (Å²) in [6, 6.07) is 11.7. The zero-order chi connectivity index (χ0) is 18.8. The molecule has 3 rings (SSSR count). The number of amides is 1. The lowest BCUT2D eigenvalue weighted by Crippen LogP contribution is -2.17. The van der Waals surface area contributed by atoms with Crippen LogP contribution < -0.4 is 5.32 Å². The zero-order valence-electron chi connectivity index (χ0n) is 14.7. The number of fused-ring (bicyclic) bond motifs is 1. The van der Waals surface area contributed by atoms with E-state index in [0.717, 1.165) is 44.2 Å². The van der Waals surface area contributed by atoms with Gasteiger partial charge in [0.1, 0.15) is 4.88 Å². The Morgan fingerprint density at radius 3 is 2.42 bits per heavy atom. The normalized spacial score (nSPS) is 10.9. The third-order valence-electron chi connectivity index (χ3n) is 4.00. The molecule has 0 atom stereocenters. The Balaban J connectivity index is 1.67. The number of anilines is 1. The van der Waals surface area contributed by atoms with Crippen LogP contribution in [0.1, 0.15) is 26.4 Å². The largest absolute Gasteiger partial charge is 0.325 e. The number of thioether (sulfide) groups is 1. The van der Waals surface area contributed by atoms with Crippen LogP contribution in [0.2, 0.25) is 5.02 Å². The summed E-state index contributed by atoms with van der Waals surface area (Å²) in [4.78, 5) is 25.3. The summed E-state index contributed by atoms with van der Waals surface area (Å²) in [5, 5.41) is 4.08. The van der Waals surface area contributed by atoms with Crippen LogP contribution in [-0.4, -0.2) is 16.8 Å². The van der Waals surface area contributed by atoms with Gasteiger partial charge in [-0.2, -0.15) is 0 Å². The lowest BCUT2D eigenvalue weighted by atomic mass is 10.1. The first-order valence-electron chi connectivity index (χ1n) is 8.08. The molecule has 0 saturated heterocycles. The summed E-state index contributed by atoms with van der Waals surface area (Å²) >= 11 is 8.67. The summed E-state index contributed by atoms with van der Waals surface area (Å²) in [5.41, 5.74) is 4.00. The first-order chi connectivity index (χ1) is 12.4. The van der Waals surface area contributed by atoms with Crippen LogP contribution in [0.3, 0.4) is 0 Å². The Morgan fingerprint density at radius 1 is 1.12 bits per heavy atom. The van der Waals surface area contributed by atoms with Crippen LogP contribution in [0.4, 0.5) is 5.69 Å². The van der Waals surface area contributed by atoms with Gasteiger partial charge in [-0.05, 0) is 38.0 Å². The van der Waals surface area contributed by atoms with E-state index in [2.05, 4.69) is 5.32 Å². The average Bonchev–Trinajstić information content (AvgIpc) is 2.93. The number of nitrogens with one attached hydrogen (secondary N) is 1. The molecular formula is C20H18ClNO2S2. The van der Waals surface area contributed by atoms with Crippen molar-refractivity contribution < 1.29 is 9.59 Å². The van der Waals surface area contributed by atoms with Gasteiger partial charge in [0.05, 0.1) is 10.8 Å². The Labute approximate surface area is 165 Å². The topological polar surface area (TPSA) is 46.2 Å². The number of carbonyl (C=O) groups is 2. The third-order valence-corrected chi connectivity index (χ3v) is 6.67. The number of halogens is 1. The fraction of sp³-hybridized carbons (Fsp3) is 0.200. The predicted octanol–water partition coefficient (Wildman–Crippen LogP) is 5.99. The van der Waals surface area contributed by atoms with Gasteiger partial charge in [-0.3, -0.25) is 9.59 Å². The van der Waals surface area contributed by atoms with E-state index in [0.29, 0.717) is 9.90 Å². The molecular weight excluding hydrogens is 386 g/mol. The Bertz CT molecular complexity index is 987. The maximum absolute atomic E-state index is 12.5. The SMILES string of the molecule is Cc1cc(C)c(NC(=O)CSC(=O)c2sc3ccccc3c2Cl)c(C)c1. The van der Waals surface area contributed by atoms with Crippen molar-refractivity contribution in [2.75, 3.05) is 11.1 Å². The molecule has 0 saturated carbocycles. The van der Waals surface area contributed by atoms with E-state index in [1.165, 1.54) is 11.3 Å². The smallest absolute Gasteiger partial charge is 0.234 e. The van der Waals surface area contributed by atoms with Crippen LogP contribution in [0, 0.1) is 20.8 Å². The van der Waals surface area contributed by atoms with Gasteiger partial charge in [-0.1, -0.05) is 59.3 Å². The molecule has 0 fully saturated rings. The molecule has 1 heterocycles. The molecule has 26 heavy (non-hydrogen) atoms. The van der Waals surface area contributed by atoms with E-state index in [4.69, 9.17) is 11.6 Å². The Morgan fingerprint density at radius 2 is 1.77 bits per heavy atom. The minimum absolute atomic E-state index is 0.0517. The maximum Gasteiger partial charge on any atom is 0.234 e. The fourth-order valence-corrected chi connectivity index (χ4v) is 5.17. The predicted molar refractivity (Wildman–Crippen MR) is 113 cm³/mol. The van der Waals surface area contributed by atoms with E-state index in [1.54, 1.807) is 0 Å². The van der Waals surface area contributed by atoms with Gasteiger partial charge in [0.25, 0.3) is 0 Å². The lowest BCUT2D eigenvalue weighted by molar-refractivity contribution is -0.113. The quantitative estimate of drug-likeness (QED) is 0.581.